The van der Waals surface area contributed by atoms with Crippen molar-refractivity contribution in [2.45, 2.75) is 20.1 Å². The molecule has 0 N–H and O–H groups in total. The minimum Gasteiger partial charge on any atom is -0.461 e. The summed E-state index contributed by atoms with van der Waals surface area (Å²) in [5.41, 5.74) is 1.20. The van der Waals surface area contributed by atoms with Gasteiger partial charge in [-0.25, -0.2) is 0 Å². The molecule has 7 nitrogen and oxygen atoms in total. The molecule has 0 aliphatic carbocycles. The Balaban J connectivity index is 1.59. The maximum absolute atomic E-state index is 11.8. The zero-order valence-electron chi connectivity index (χ0n) is 11.6. The topological polar surface area (TPSA) is 87.5 Å². The molecule has 0 saturated heterocycles. The van der Waals surface area contributed by atoms with Crippen molar-refractivity contribution in [1.29, 1.82) is 0 Å². The average molecular weight is 320 g/mol. The summed E-state index contributed by atoms with van der Waals surface area (Å²) in [6.45, 7) is 1.62. The van der Waals surface area contributed by atoms with E-state index in [0.29, 0.717) is 17.2 Å². The van der Waals surface area contributed by atoms with Crippen LogP contribution in [0.5, 0.6) is 0 Å². The molecule has 0 aliphatic heterocycles. The van der Waals surface area contributed by atoms with Crippen LogP contribution < -0.4 is 4.87 Å². The first-order chi connectivity index (χ1) is 10.6. The van der Waals surface area contributed by atoms with E-state index in [4.69, 9.17) is 13.7 Å². The first kappa shape index (κ1) is 14.3. The van der Waals surface area contributed by atoms with E-state index < -0.39 is 5.97 Å². The number of nitrogens with zero attached hydrogens (tertiary/aromatic N) is 2. The maximum Gasteiger partial charge on any atom is 0.326 e. The highest BCUT2D eigenvalue weighted by molar-refractivity contribution is 7.07. The van der Waals surface area contributed by atoms with Crippen LogP contribution in [0.15, 0.2) is 43.6 Å². The van der Waals surface area contributed by atoms with E-state index in [1.165, 1.54) is 10.8 Å². The minimum absolute atomic E-state index is 0.0268. The van der Waals surface area contributed by atoms with Crippen molar-refractivity contribution in [3.63, 3.8) is 0 Å². The Bertz CT molecular complexity index is 828. The minimum atomic E-state index is -0.508. The van der Waals surface area contributed by atoms with Crippen molar-refractivity contribution in [2.75, 3.05) is 0 Å². The largest absolute Gasteiger partial charge is 0.461 e. The van der Waals surface area contributed by atoms with Gasteiger partial charge in [-0.05, 0) is 19.1 Å². The number of aromatic nitrogens is 2. The van der Waals surface area contributed by atoms with Gasteiger partial charge in [0.2, 0.25) is 5.76 Å². The summed E-state index contributed by atoms with van der Waals surface area (Å²) in [4.78, 5) is 23.1. The summed E-state index contributed by atoms with van der Waals surface area (Å²) in [7, 11) is 0. The zero-order chi connectivity index (χ0) is 15.5. The molecule has 0 radical (unpaired) electrons. The van der Waals surface area contributed by atoms with Crippen LogP contribution in [0.4, 0.5) is 0 Å². The number of carbonyl (C=O) groups is 1. The number of carbonyl (C=O) groups excluding carboxylic acids is 1. The van der Waals surface area contributed by atoms with Gasteiger partial charge in [0.15, 0.2) is 5.76 Å². The molecule has 22 heavy (non-hydrogen) atoms. The second-order valence-corrected chi connectivity index (χ2v) is 5.37. The lowest BCUT2D eigenvalue weighted by molar-refractivity contribution is -0.145. The maximum atomic E-state index is 11.8. The van der Waals surface area contributed by atoms with E-state index >= 15 is 0 Å². The highest BCUT2D eigenvalue weighted by atomic mass is 32.1. The molecule has 0 amide bonds. The first-order valence-electron chi connectivity index (χ1n) is 6.43. The molecule has 114 valence electrons. The van der Waals surface area contributed by atoms with Gasteiger partial charge in [0.05, 0.1) is 6.26 Å². The Morgan fingerprint density at radius 2 is 2.32 bits per heavy atom. The Kier molecular flexibility index (Phi) is 3.92. The second-order valence-electron chi connectivity index (χ2n) is 4.55. The van der Waals surface area contributed by atoms with E-state index in [2.05, 4.69) is 5.16 Å². The van der Waals surface area contributed by atoms with Gasteiger partial charge < -0.3 is 13.7 Å². The third-order valence-corrected chi connectivity index (χ3v) is 3.85. The summed E-state index contributed by atoms with van der Waals surface area (Å²) in [6.07, 6.45) is 1.53. The van der Waals surface area contributed by atoms with E-state index in [1.807, 2.05) is 0 Å². The molecule has 0 spiro atoms. The molecule has 0 bridgehead atoms. The number of rotatable bonds is 5. The lowest BCUT2D eigenvalue weighted by atomic mass is 10.3. The van der Waals surface area contributed by atoms with Crippen molar-refractivity contribution in [3.05, 3.63) is 50.9 Å². The first-order valence-corrected chi connectivity index (χ1v) is 7.31. The monoisotopic (exact) mass is 320 g/mol. The van der Waals surface area contributed by atoms with Crippen LogP contribution in [0.25, 0.3) is 11.5 Å². The van der Waals surface area contributed by atoms with Crippen LogP contribution in [-0.4, -0.2) is 15.7 Å². The summed E-state index contributed by atoms with van der Waals surface area (Å²) in [6, 6.07) is 5.11. The van der Waals surface area contributed by atoms with Crippen LogP contribution >= 0.6 is 11.3 Å². The van der Waals surface area contributed by atoms with Gasteiger partial charge in [-0.2, -0.15) is 0 Å². The summed E-state index contributed by atoms with van der Waals surface area (Å²) < 4.78 is 16.7. The van der Waals surface area contributed by atoms with Crippen molar-refractivity contribution < 1.29 is 18.5 Å². The summed E-state index contributed by atoms with van der Waals surface area (Å²) >= 11 is 1.05. The number of furan rings is 1. The lowest BCUT2D eigenvalue weighted by Crippen LogP contribution is -2.22. The van der Waals surface area contributed by atoms with Crippen LogP contribution in [0.1, 0.15) is 11.4 Å². The summed E-state index contributed by atoms with van der Waals surface area (Å²) in [5, 5.41) is 5.49. The third-order valence-electron chi connectivity index (χ3n) is 2.97. The summed E-state index contributed by atoms with van der Waals surface area (Å²) in [5.74, 6) is 0.498. The molecule has 0 aromatic carbocycles. The molecule has 8 heteroatoms. The number of thiazole rings is 1. The number of aryl methyl sites for hydroxylation is 1. The van der Waals surface area contributed by atoms with Gasteiger partial charge >= 0.3 is 10.8 Å². The average Bonchev–Trinajstić information content (AvgIpc) is 3.22. The molecule has 3 aromatic heterocycles. The highest BCUT2D eigenvalue weighted by Gasteiger charge is 2.13. The predicted molar refractivity (Wildman–Crippen MR) is 77.3 cm³/mol. The normalized spacial score (nSPS) is 10.8. The molecule has 0 atom stereocenters. The molecule has 0 unspecified atom stereocenters. The van der Waals surface area contributed by atoms with Gasteiger partial charge in [0.1, 0.15) is 18.8 Å². The van der Waals surface area contributed by atoms with Crippen molar-refractivity contribution >= 4 is 17.3 Å². The second kappa shape index (κ2) is 6.02. The third kappa shape index (κ3) is 3.01. The Morgan fingerprint density at radius 3 is 3.00 bits per heavy atom. The van der Waals surface area contributed by atoms with E-state index in [0.717, 1.165) is 17.0 Å². The van der Waals surface area contributed by atoms with Crippen LogP contribution in [0.2, 0.25) is 0 Å². The van der Waals surface area contributed by atoms with E-state index in [9.17, 15) is 9.59 Å². The highest BCUT2D eigenvalue weighted by Crippen LogP contribution is 2.20. The number of hydrogen-bond donors (Lipinski definition) is 0. The fraction of sp³-hybridized carbons (Fsp3) is 0.214. The van der Waals surface area contributed by atoms with Gasteiger partial charge in [0.25, 0.3) is 0 Å². The SMILES string of the molecule is Cc1csc(=O)n1CC(=O)OCc1cc(-c2ccco2)on1. The Hall–Kier alpha value is -2.61. The molecule has 3 rings (SSSR count). The Labute approximate surface area is 128 Å². The number of esters is 1. The lowest BCUT2D eigenvalue weighted by Gasteiger charge is -2.04. The van der Waals surface area contributed by atoms with Crippen LogP contribution in [0.3, 0.4) is 0 Å². The fourth-order valence-corrected chi connectivity index (χ4v) is 2.57. The van der Waals surface area contributed by atoms with Crippen molar-refractivity contribution in [1.82, 2.24) is 9.72 Å². The fourth-order valence-electron chi connectivity index (χ4n) is 1.84. The van der Waals surface area contributed by atoms with Gasteiger partial charge in [-0.1, -0.05) is 16.5 Å². The zero-order valence-corrected chi connectivity index (χ0v) is 12.5. The standard InChI is InChI=1S/C14H12N2O5S/c1-9-8-22-14(18)16(9)6-13(17)20-7-10-5-12(21-15-10)11-3-2-4-19-11/h2-5,8H,6-7H2,1H3. The molecule has 3 aromatic rings. The molecule has 0 fully saturated rings. The number of hydrogen-bond acceptors (Lipinski definition) is 7. The molecule has 3 heterocycles. The van der Waals surface area contributed by atoms with E-state index in [1.54, 1.807) is 30.5 Å². The smallest absolute Gasteiger partial charge is 0.326 e. The quantitative estimate of drug-likeness (QED) is 0.670. The molecular weight excluding hydrogens is 308 g/mol. The van der Waals surface area contributed by atoms with Gasteiger partial charge in [0, 0.05) is 17.1 Å². The Morgan fingerprint density at radius 1 is 1.45 bits per heavy atom. The van der Waals surface area contributed by atoms with Crippen LogP contribution in [0, 0.1) is 6.92 Å². The van der Waals surface area contributed by atoms with Gasteiger partial charge in [-0.15, -0.1) is 0 Å². The van der Waals surface area contributed by atoms with Crippen molar-refractivity contribution in [3.8, 4) is 11.5 Å². The molecule has 0 saturated carbocycles. The van der Waals surface area contributed by atoms with Crippen LogP contribution in [-0.2, 0) is 22.7 Å². The predicted octanol–water partition coefficient (Wildman–Crippen LogP) is 2.21. The van der Waals surface area contributed by atoms with E-state index in [-0.39, 0.29) is 18.0 Å². The van der Waals surface area contributed by atoms with Crippen molar-refractivity contribution in [2.24, 2.45) is 0 Å². The number of ether oxygens (including phenoxy) is 1. The van der Waals surface area contributed by atoms with Gasteiger partial charge in [-0.3, -0.25) is 14.2 Å². The molecular formula is C14H12N2O5S. The molecule has 0 aliphatic rings.